The number of carbonyl (C=O) groups excluding carboxylic acids is 1. The second kappa shape index (κ2) is 5.35. The van der Waals surface area contributed by atoms with Gasteiger partial charge in [-0.3, -0.25) is 4.79 Å². The summed E-state index contributed by atoms with van der Waals surface area (Å²) in [7, 11) is 1.83. The predicted molar refractivity (Wildman–Crippen MR) is 85.6 cm³/mol. The number of carbonyl (C=O) groups is 1. The van der Waals surface area contributed by atoms with Crippen LogP contribution in [0, 0.1) is 0 Å². The first-order valence-corrected chi connectivity index (χ1v) is 7.57. The number of rotatable bonds is 4. The molecule has 1 amide bonds. The molecule has 21 heavy (non-hydrogen) atoms. The Kier molecular flexibility index (Phi) is 3.53. The van der Waals surface area contributed by atoms with Gasteiger partial charge in [0.1, 0.15) is 11.5 Å². The molecule has 1 aromatic heterocycles. The van der Waals surface area contributed by atoms with Crippen molar-refractivity contribution in [2.75, 3.05) is 12.4 Å². The minimum absolute atomic E-state index is 0.00971. The number of hydrogen-bond acceptors (Lipinski definition) is 3. The molecule has 0 unspecified atom stereocenters. The Balaban J connectivity index is 1.94. The summed E-state index contributed by atoms with van der Waals surface area (Å²) >= 11 is 0. The lowest BCUT2D eigenvalue weighted by atomic mass is 9.75. The number of amides is 1. The minimum Gasteiger partial charge on any atom is -0.373 e. The van der Waals surface area contributed by atoms with E-state index in [1.807, 2.05) is 37.4 Å². The fraction of sp³-hybridized carbons (Fsp3) is 0.412. The highest BCUT2D eigenvalue weighted by molar-refractivity contribution is 6.00. The molecule has 1 saturated carbocycles. The third-order valence-electron chi connectivity index (χ3n) is 4.58. The summed E-state index contributed by atoms with van der Waals surface area (Å²) in [5, 5.41) is 8.32. The number of nitrogens with one attached hydrogen (secondary N) is 2. The van der Waals surface area contributed by atoms with Crippen LogP contribution in [0.25, 0.3) is 10.8 Å². The third kappa shape index (κ3) is 2.46. The summed E-state index contributed by atoms with van der Waals surface area (Å²) in [6.07, 6.45) is 4.32. The van der Waals surface area contributed by atoms with E-state index in [1.165, 1.54) is 6.42 Å². The van der Waals surface area contributed by atoms with E-state index in [4.69, 9.17) is 0 Å². The fourth-order valence-electron chi connectivity index (χ4n) is 2.98. The molecule has 2 aromatic rings. The largest absolute Gasteiger partial charge is 0.373 e. The maximum absolute atomic E-state index is 12.5. The van der Waals surface area contributed by atoms with E-state index >= 15 is 0 Å². The Labute approximate surface area is 125 Å². The van der Waals surface area contributed by atoms with Crippen LogP contribution in [0.1, 0.15) is 43.1 Å². The molecule has 0 spiro atoms. The van der Waals surface area contributed by atoms with Crippen LogP contribution >= 0.6 is 0 Å². The monoisotopic (exact) mass is 283 g/mol. The van der Waals surface area contributed by atoms with Crippen LogP contribution in [-0.2, 0) is 0 Å². The number of pyridine rings is 1. The maximum atomic E-state index is 12.5. The Bertz CT molecular complexity index is 671. The first-order valence-electron chi connectivity index (χ1n) is 7.57. The van der Waals surface area contributed by atoms with Gasteiger partial charge in [0, 0.05) is 18.0 Å². The van der Waals surface area contributed by atoms with E-state index in [-0.39, 0.29) is 11.4 Å². The zero-order valence-electron chi connectivity index (χ0n) is 12.6. The lowest BCUT2D eigenvalue weighted by molar-refractivity contribution is 0.0815. The lowest BCUT2D eigenvalue weighted by Crippen LogP contribution is -2.53. The molecule has 1 aromatic carbocycles. The SMILES string of the molecule is CCC1(NC(=O)c2cc3ccccc3c(NC)n2)CCC1. The van der Waals surface area contributed by atoms with Crippen molar-refractivity contribution < 1.29 is 4.79 Å². The molecule has 4 nitrogen and oxygen atoms in total. The summed E-state index contributed by atoms with van der Waals surface area (Å²) in [4.78, 5) is 17.0. The summed E-state index contributed by atoms with van der Waals surface area (Å²) in [5.74, 6) is 0.677. The Morgan fingerprint density at radius 3 is 2.71 bits per heavy atom. The van der Waals surface area contributed by atoms with Crippen LogP contribution in [0.4, 0.5) is 5.82 Å². The van der Waals surface area contributed by atoms with Crippen LogP contribution in [-0.4, -0.2) is 23.5 Å². The van der Waals surface area contributed by atoms with Gasteiger partial charge in [0.15, 0.2) is 0 Å². The van der Waals surface area contributed by atoms with E-state index in [0.29, 0.717) is 5.69 Å². The molecule has 3 rings (SSSR count). The molecular weight excluding hydrogens is 262 g/mol. The van der Waals surface area contributed by atoms with E-state index in [0.717, 1.165) is 35.9 Å². The predicted octanol–water partition coefficient (Wildman–Crippen LogP) is 3.34. The normalized spacial score (nSPS) is 16.3. The molecule has 1 fully saturated rings. The van der Waals surface area contributed by atoms with Crippen LogP contribution in [0.3, 0.4) is 0 Å². The topological polar surface area (TPSA) is 54.0 Å². The van der Waals surface area contributed by atoms with Crippen LogP contribution in [0.15, 0.2) is 30.3 Å². The Morgan fingerprint density at radius 2 is 2.10 bits per heavy atom. The highest BCUT2D eigenvalue weighted by atomic mass is 16.2. The van der Waals surface area contributed by atoms with Gasteiger partial charge in [0.05, 0.1) is 0 Å². The van der Waals surface area contributed by atoms with E-state index in [9.17, 15) is 4.79 Å². The third-order valence-corrected chi connectivity index (χ3v) is 4.58. The average Bonchev–Trinajstić information content (AvgIpc) is 2.49. The van der Waals surface area contributed by atoms with Crippen molar-refractivity contribution in [2.45, 2.75) is 38.1 Å². The molecule has 2 N–H and O–H groups in total. The van der Waals surface area contributed by atoms with Crippen molar-refractivity contribution in [1.29, 1.82) is 0 Å². The van der Waals surface area contributed by atoms with Gasteiger partial charge in [-0.25, -0.2) is 4.98 Å². The van der Waals surface area contributed by atoms with Gasteiger partial charge in [-0.2, -0.15) is 0 Å². The van der Waals surface area contributed by atoms with Gasteiger partial charge in [-0.05, 0) is 37.1 Å². The average molecular weight is 283 g/mol. The van der Waals surface area contributed by atoms with Crippen molar-refractivity contribution in [3.05, 3.63) is 36.0 Å². The minimum atomic E-state index is -0.0706. The summed E-state index contributed by atoms with van der Waals surface area (Å²) in [6.45, 7) is 2.13. The second-order valence-corrected chi connectivity index (χ2v) is 5.77. The fourth-order valence-corrected chi connectivity index (χ4v) is 2.98. The lowest BCUT2D eigenvalue weighted by Gasteiger charge is -2.41. The van der Waals surface area contributed by atoms with Gasteiger partial charge in [0.25, 0.3) is 5.91 Å². The second-order valence-electron chi connectivity index (χ2n) is 5.77. The summed E-state index contributed by atoms with van der Waals surface area (Å²) in [5.41, 5.74) is 0.474. The number of aromatic nitrogens is 1. The molecule has 0 aliphatic heterocycles. The number of hydrogen-bond donors (Lipinski definition) is 2. The van der Waals surface area contributed by atoms with E-state index in [2.05, 4.69) is 22.5 Å². The number of benzene rings is 1. The van der Waals surface area contributed by atoms with Gasteiger partial charge in [-0.1, -0.05) is 31.2 Å². The molecule has 1 heterocycles. The number of anilines is 1. The highest BCUT2D eigenvalue weighted by Crippen LogP contribution is 2.35. The first kappa shape index (κ1) is 13.9. The highest BCUT2D eigenvalue weighted by Gasteiger charge is 2.36. The van der Waals surface area contributed by atoms with Crippen molar-refractivity contribution in [1.82, 2.24) is 10.3 Å². The first-order chi connectivity index (χ1) is 10.2. The molecular formula is C17H21N3O. The van der Waals surface area contributed by atoms with Crippen molar-refractivity contribution in [3.63, 3.8) is 0 Å². The standard InChI is InChI=1S/C17H21N3O/c1-3-17(9-6-10-17)20-16(21)14-11-12-7-4-5-8-13(12)15(18-2)19-14/h4-5,7-8,11H,3,6,9-10H2,1-2H3,(H,18,19)(H,20,21). The summed E-state index contributed by atoms with van der Waals surface area (Å²) < 4.78 is 0. The maximum Gasteiger partial charge on any atom is 0.270 e. The van der Waals surface area contributed by atoms with Gasteiger partial charge >= 0.3 is 0 Å². The molecule has 4 heteroatoms. The molecule has 0 saturated heterocycles. The summed E-state index contributed by atoms with van der Waals surface area (Å²) in [6, 6.07) is 9.84. The smallest absolute Gasteiger partial charge is 0.270 e. The van der Waals surface area contributed by atoms with E-state index in [1.54, 1.807) is 0 Å². The van der Waals surface area contributed by atoms with Crippen LogP contribution < -0.4 is 10.6 Å². The van der Waals surface area contributed by atoms with E-state index < -0.39 is 0 Å². The molecule has 1 aliphatic carbocycles. The van der Waals surface area contributed by atoms with Crippen LogP contribution in [0.2, 0.25) is 0 Å². The quantitative estimate of drug-likeness (QED) is 0.905. The Hall–Kier alpha value is -2.10. The van der Waals surface area contributed by atoms with Crippen molar-refractivity contribution in [2.24, 2.45) is 0 Å². The molecule has 0 radical (unpaired) electrons. The number of nitrogens with zero attached hydrogens (tertiary/aromatic N) is 1. The molecule has 0 atom stereocenters. The molecule has 1 aliphatic rings. The van der Waals surface area contributed by atoms with Crippen molar-refractivity contribution in [3.8, 4) is 0 Å². The Morgan fingerprint density at radius 1 is 1.33 bits per heavy atom. The van der Waals surface area contributed by atoms with Gasteiger partial charge in [0.2, 0.25) is 0 Å². The van der Waals surface area contributed by atoms with Gasteiger partial charge < -0.3 is 10.6 Å². The zero-order valence-corrected chi connectivity index (χ0v) is 12.6. The van der Waals surface area contributed by atoms with Gasteiger partial charge in [-0.15, -0.1) is 0 Å². The zero-order chi connectivity index (χ0) is 14.9. The van der Waals surface area contributed by atoms with Crippen LogP contribution in [0.5, 0.6) is 0 Å². The molecule has 0 bridgehead atoms. The molecule has 110 valence electrons. The number of fused-ring (bicyclic) bond motifs is 1. The van der Waals surface area contributed by atoms with Crippen molar-refractivity contribution >= 4 is 22.5 Å².